The summed E-state index contributed by atoms with van der Waals surface area (Å²) in [5.41, 5.74) is 1.78. The molecule has 0 aliphatic heterocycles. The lowest BCUT2D eigenvalue weighted by molar-refractivity contribution is -0.136. The number of esters is 2. The topological polar surface area (TPSA) is 52.6 Å². The zero-order chi connectivity index (χ0) is 22.4. The molecule has 0 spiro atoms. The number of rotatable bonds is 7. The van der Waals surface area contributed by atoms with Crippen LogP contribution in [0.4, 0.5) is 0 Å². The molecule has 0 radical (unpaired) electrons. The monoisotopic (exact) mass is 410 g/mol. The van der Waals surface area contributed by atoms with E-state index in [0.29, 0.717) is 24.3 Å². The van der Waals surface area contributed by atoms with Crippen molar-refractivity contribution in [2.24, 2.45) is 0 Å². The summed E-state index contributed by atoms with van der Waals surface area (Å²) < 4.78 is 11.1. The van der Waals surface area contributed by atoms with Gasteiger partial charge in [0, 0.05) is 24.0 Å². The van der Waals surface area contributed by atoms with Gasteiger partial charge in [0.1, 0.15) is 11.5 Å². The van der Waals surface area contributed by atoms with E-state index in [1.807, 2.05) is 48.5 Å². The van der Waals surface area contributed by atoms with Crippen molar-refractivity contribution < 1.29 is 19.1 Å². The Bertz CT molecular complexity index is 796. The predicted molar refractivity (Wildman–Crippen MR) is 120 cm³/mol. The Balaban J connectivity index is 1.81. The summed E-state index contributed by atoms with van der Waals surface area (Å²) in [6.07, 6.45) is 1.69. The number of unbranched alkanes of at least 4 members (excludes halogenated alkanes) is 1. The molecule has 30 heavy (non-hydrogen) atoms. The van der Waals surface area contributed by atoms with Crippen molar-refractivity contribution in [2.75, 3.05) is 0 Å². The van der Waals surface area contributed by atoms with Gasteiger partial charge in [-0.2, -0.15) is 0 Å². The maximum absolute atomic E-state index is 12.2. The minimum absolute atomic E-state index is 0.107. The molecule has 0 atom stereocenters. The molecule has 2 rings (SSSR count). The van der Waals surface area contributed by atoms with Crippen LogP contribution in [0.3, 0.4) is 0 Å². The lowest BCUT2D eigenvalue weighted by atomic mass is 9.86. The molecule has 4 heteroatoms. The van der Waals surface area contributed by atoms with E-state index in [1.54, 1.807) is 0 Å². The number of ether oxygens (including phenoxy) is 2. The standard InChI is InChI=1S/C26H34O4/c1-25(2,3)19-13-7-9-15-21(19)29-23(27)17-11-12-18-24(28)30-22-16-10-8-14-20(22)26(4,5)6/h7-10,13-16H,11-12,17-18H2,1-6H3. The third-order valence-electron chi connectivity index (χ3n) is 4.85. The van der Waals surface area contributed by atoms with Gasteiger partial charge in [-0.15, -0.1) is 0 Å². The van der Waals surface area contributed by atoms with E-state index in [-0.39, 0.29) is 35.6 Å². The zero-order valence-corrected chi connectivity index (χ0v) is 19.1. The van der Waals surface area contributed by atoms with Gasteiger partial charge in [-0.1, -0.05) is 77.9 Å². The van der Waals surface area contributed by atoms with Gasteiger partial charge in [0.2, 0.25) is 0 Å². The molecule has 0 aliphatic carbocycles. The Labute approximate surface area is 180 Å². The van der Waals surface area contributed by atoms with Crippen molar-refractivity contribution in [3.8, 4) is 11.5 Å². The second-order valence-electron chi connectivity index (χ2n) is 9.65. The maximum atomic E-state index is 12.2. The minimum atomic E-state index is -0.279. The molecule has 0 saturated carbocycles. The number of carbonyl (C=O) groups is 2. The molecular weight excluding hydrogens is 376 g/mol. The molecule has 0 saturated heterocycles. The average Bonchev–Trinajstić information content (AvgIpc) is 2.64. The Morgan fingerprint density at radius 1 is 0.633 bits per heavy atom. The van der Waals surface area contributed by atoms with E-state index >= 15 is 0 Å². The van der Waals surface area contributed by atoms with Crippen LogP contribution in [0.15, 0.2) is 48.5 Å². The van der Waals surface area contributed by atoms with Crippen LogP contribution in [-0.2, 0) is 20.4 Å². The first-order chi connectivity index (χ1) is 14.0. The van der Waals surface area contributed by atoms with Gasteiger partial charge >= 0.3 is 11.9 Å². The molecule has 162 valence electrons. The molecule has 0 bridgehead atoms. The quantitative estimate of drug-likeness (QED) is 0.303. The summed E-state index contributed by atoms with van der Waals surface area (Å²) >= 11 is 0. The maximum Gasteiger partial charge on any atom is 0.311 e. The first-order valence-electron chi connectivity index (χ1n) is 10.6. The van der Waals surface area contributed by atoms with Gasteiger partial charge in [0.25, 0.3) is 0 Å². The first kappa shape index (κ1) is 23.7. The third kappa shape index (κ3) is 7.01. The van der Waals surface area contributed by atoms with Gasteiger partial charge < -0.3 is 9.47 Å². The van der Waals surface area contributed by atoms with Gasteiger partial charge in [0.15, 0.2) is 0 Å². The normalized spacial score (nSPS) is 11.8. The highest BCUT2D eigenvalue weighted by atomic mass is 16.5. The van der Waals surface area contributed by atoms with Crippen molar-refractivity contribution in [1.29, 1.82) is 0 Å². The summed E-state index contributed by atoms with van der Waals surface area (Å²) in [4.78, 5) is 24.5. The molecule has 0 aliphatic rings. The molecule has 0 unspecified atom stereocenters. The van der Waals surface area contributed by atoms with Crippen LogP contribution in [0.5, 0.6) is 11.5 Å². The Kier molecular flexibility index (Phi) is 7.83. The SMILES string of the molecule is CC(C)(C)c1ccccc1OC(=O)CCCCC(=O)Oc1ccccc1C(C)(C)C. The van der Waals surface area contributed by atoms with Crippen LogP contribution >= 0.6 is 0 Å². The highest BCUT2D eigenvalue weighted by molar-refractivity contribution is 5.74. The third-order valence-corrected chi connectivity index (χ3v) is 4.85. The van der Waals surface area contributed by atoms with E-state index < -0.39 is 0 Å². The number of hydrogen-bond donors (Lipinski definition) is 0. The predicted octanol–water partition coefficient (Wildman–Crippen LogP) is 6.35. The molecule has 0 aromatic heterocycles. The van der Waals surface area contributed by atoms with Crippen molar-refractivity contribution >= 4 is 11.9 Å². The van der Waals surface area contributed by atoms with E-state index in [0.717, 1.165) is 11.1 Å². The minimum Gasteiger partial charge on any atom is -0.426 e. The van der Waals surface area contributed by atoms with Gasteiger partial charge in [-0.05, 0) is 35.8 Å². The average molecular weight is 411 g/mol. The van der Waals surface area contributed by atoms with Crippen molar-refractivity contribution in [3.05, 3.63) is 59.7 Å². The van der Waals surface area contributed by atoms with Crippen LogP contribution < -0.4 is 9.47 Å². The summed E-state index contributed by atoms with van der Waals surface area (Å²) in [6.45, 7) is 12.5. The van der Waals surface area contributed by atoms with Gasteiger partial charge in [-0.25, -0.2) is 0 Å². The summed E-state index contributed by atoms with van der Waals surface area (Å²) in [5.74, 6) is 0.651. The molecule has 0 heterocycles. The van der Waals surface area contributed by atoms with E-state index in [4.69, 9.17) is 9.47 Å². The van der Waals surface area contributed by atoms with E-state index in [2.05, 4.69) is 41.5 Å². The number of hydrogen-bond acceptors (Lipinski definition) is 4. The summed E-state index contributed by atoms with van der Waals surface area (Å²) in [7, 11) is 0. The van der Waals surface area contributed by atoms with Gasteiger partial charge in [0.05, 0.1) is 0 Å². The van der Waals surface area contributed by atoms with Crippen molar-refractivity contribution in [2.45, 2.75) is 78.1 Å². The van der Waals surface area contributed by atoms with Crippen LogP contribution in [0.1, 0.15) is 78.4 Å². The van der Waals surface area contributed by atoms with Crippen molar-refractivity contribution in [3.63, 3.8) is 0 Å². The largest absolute Gasteiger partial charge is 0.426 e. The van der Waals surface area contributed by atoms with Crippen LogP contribution in [-0.4, -0.2) is 11.9 Å². The molecule has 0 fully saturated rings. The molecule has 0 N–H and O–H groups in total. The second-order valence-corrected chi connectivity index (χ2v) is 9.65. The molecule has 2 aromatic rings. The molecule has 4 nitrogen and oxygen atoms in total. The Morgan fingerprint density at radius 3 is 1.30 bits per heavy atom. The zero-order valence-electron chi connectivity index (χ0n) is 19.1. The molecular formula is C26H34O4. The lowest BCUT2D eigenvalue weighted by Gasteiger charge is -2.22. The summed E-state index contributed by atoms with van der Waals surface area (Å²) in [6, 6.07) is 15.2. The number of benzene rings is 2. The van der Waals surface area contributed by atoms with Gasteiger partial charge in [-0.3, -0.25) is 9.59 Å². The van der Waals surface area contributed by atoms with Crippen LogP contribution in [0.25, 0.3) is 0 Å². The Morgan fingerprint density at radius 2 is 0.967 bits per heavy atom. The number of para-hydroxylation sites is 2. The van der Waals surface area contributed by atoms with Crippen LogP contribution in [0, 0.1) is 0 Å². The fourth-order valence-electron chi connectivity index (χ4n) is 3.24. The van der Waals surface area contributed by atoms with E-state index in [9.17, 15) is 9.59 Å². The second kappa shape index (κ2) is 9.92. The number of carbonyl (C=O) groups excluding carboxylic acids is 2. The lowest BCUT2D eigenvalue weighted by Crippen LogP contribution is -2.17. The van der Waals surface area contributed by atoms with Crippen molar-refractivity contribution in [1.82, 2.24) is 0 Å². The smallest absolute Gasteiger partial charge is 0.311 e. The highest BCUT2D eigenvalue weighted by Gasteiger charge is 2.21. The Hall–Kier alpha value is -2.62. The fourth-order valence-corrected chi connectivity index (χ4v) is 3.24. The fraction of sp³-hybridized carbons (Fsp3) is 0.462. The summed E-state index contributed by atoms with van der Waals surface area (Å²) in [5, 5.41) is 0. The highest BCUT2D eigenvalue weighted by Crippen LogP contribution is 2.32. The van der Waals surface area contributed by atoms with Crippen LogP contribution in [0.2, 0.25) is 0 Å². The first-order valence-corrected chi connectivity index (χ1v) is 10.6. The molecule has 0 amide bonds. The molecule has 2 aromatic carbocycles. The van der Waals surface area contributed by atoms with E-state index in [1.165, 1.54) is 0 Å².